The van der Waals surface area contributed by atoms with E-state index in [0.717, 1.165) is 100 Å². The Balaban J connectivity index is 1.04. The summed E-state index contributed by atoms with van der Waals surface area (Å²) in [6, 6.07) is 64.3. The summed E-state index contributed by atoms with van der Waals surface area (Å²) in [5, 5.41) is 14.4. The van der Waals surface area contributed by atoms with Crippen molar-refractivity contribution in [2.24, 2.45) is 0 Å². The first-order valence-electron chi connectivity index (χ1n) is 20.1. The molecule has 1 aliphatic heterocycles. The molecule has 6 heteroatoms. The normalized spacial score (nSPS) is 13.2. The van der Waals surface area contributed by atoms with E-state index in [0.29, 0.717) is 5.56 Å². The molecule has 0 saturated carbocycles. The maximum Gasteiger partial charge on any atom is 0.132 e. The molecule has 0 bridgehead atoms. The summed E-state index contributed by atoms with van der Waals surface area (Å²) in [4.78, 5) is 9.95. The van der Waals surface area contributed by atoms with Crippen molar-refractivity contribution in [2.75, 3.05) is 0 Å². The molecular weight excluding hydrogens is 735 g/mol. The van der Waals surface area contributed by atoms with Crippen LogP contribution in [0.1, 0.15) is 27.8 Å². The summed E-state index contributed by atoms with van der Waals surface area (Å²) in [6.45, 7) is 0. The first kappa shape index (κ1) is 32.8. The summed E-state index contributed by atoms with van der Waals surface area (Å²) in [5.41, 5.74) is 14.6. The van der Waals surface area contributed by atoms with Gasteiger partial charge in [0.2, 0.25) is 0 Å². The van der Waals surface area contributed by atoms with Crippen molar-refractivity contribution in [3.05, 3.63) is 216 Å². The summed E-state index contributed by atoms with van der Waals surface area (Å²) in [5.74, 6) is 1.58. The van der Waals surface area contributed by atoms with E-state index in [1.165, 1.54) is 10.8 Å². The predicted molar refractivity (Wildman–Crippen MR) is 238 cm³/mol. The lowest BCUT2D eigenvalue weighted by Gasteiger charge is -2.39. The van der Waals surface area contributed by atoms with E-state index in [1.807, 2.05) is 42.7 Å². The molecule has 0 atom stereocenters. The Kier molecular flexibility index (Phi) is 6.62. The molecule has 4 aromatic heterocycles. The second-order valence-corrected chi connectivity index (χ2v) is 15.7. The van der Waals surface area contributed by atoms with Gasteiger partial charge in [0.05, 0.1) is 50.5 Å². The average molecular weight is 766 g/mol. The number of fused-ring (bicyclic) bond motifs is 15. The Morgan fingerprint density at radius 2 is 1.03 bits per heavy atom. The van der Waals surface area contributed by atoms with Crippen LogP contribution in [-0.4, -0.2) is 19.1 Å². The number of aromatic nitrogens is 4. The van der Waals surface area contributed by atoms with Gasteiger partial charge in [-0.2, -0.15) is 5.26 Å². The number of hydrogen-bond donors (Lipinski definition) is 0. The van der Waals surface area contributed by atoms with Crippen molar-refractivity contribution in [1.29, 1.82) is 5.26 Å². The minimum atomic E-state index is -0.746. The molecule has 1 spiro atoms. The average Bonchev–Trinajstić information content (AvgIpc) is 3.93. The van der Waals surface area contributed by atoms with Crippen LogP contribution < -0.4 is 4.74 Å². The fourth-order valence-electron chi connectivity index (χ4n) is 10.2. The zero-order chi connectivity index (χ0) is 39.5. The minimum Gasteiger partial charge on any atom is -0.457 e. The zero-order valence-electron chi connectivity index (χ0n) is 32.0. The van der Waals surface area contributed by atoms with E-state index in [4.69, 9.17) is 14.7 Å². The Labute approximate surface area is 344 Å². The second-order valence-electron chi connectivity index (χ2n) is 15.7. The van der Waals surface area contributed by atoms with Gasteiger partial charge in [0.25, 0.3) is 0 Å². The molecule has 0 radical (unpaired) electrons. The van der Waals surface area contributed by atoms with Crippen molar-refractivity contribution < 1.29 is 4.74 Å². The van der Waals surface area contributed by atoms with Crippen LogP contribution in [0.3, 0.4) is 0 Å². The molecule has 278 valence electrons. The monoisotopic (exact) mass is 765 g/mol. The molecule has 0 fully saturated rings. The number of hydrogen-bond acceptors (Lipinski definition) is 4. The third kappa shape index (κ3) is 4.30. The quantitative estimate of drug-likeness (QED) is 0.180. The van der Waals surface area contributed by atoms with Crippen LogP contribution in [0.2, 0.25) is 0 Å². The lowest BCUT2D eigenvalue weighted by Crippen LogP contribution is -2.32. The molecule has 0 saturated heterocycles. The van der Waals surface area contributed by atoms with Gasteiger partial charge >= 0.3 is 0 Å². The van der Waals surface area contributed by atoms with Crippen LogP contribution in [0.15, 0.2) is 188 Å². The molecule has 7 aromatic carbocycles. The first-order valence-corrected chi connectivity index (χ1v) is 20.1. The first-order chi connectivity index (χ1) is 29.7. The van der Waals surface area contributed by atoms with Crippen molar-refractivity contribution in [2.45, 2.75) is 5.41 Å². The van der Waals surface area contributed by atoms with E-state index in [2.05, 4.69) is 161 Å². The molecular formula is C54H31N5O. The van der Waals surface area contributed by atoms with Gasteiger partial charge in [-0.05, 0) is 113 Å². The number of para-hydroxylation sites is 3. The highest BCUT2D eigenvalue weighted by atomic mass is 16.5. The molecule has 60 heavy (non-hydrogen) atoms. The molecule has 6 nitrogen and oxygen atoms in total. The number of pyridine rings is 2. The van der Waals surface area contributed by atoms with Gasteiger partial charge in [-0.3, -0.25) is 9.97 Å². The van der Waals surface area contributed by atoms with Gasteiger partial charge in [0.1, 0.15) is 11.5 Å². The van der Waals surface area contributed by atoms with Gasteiger partial charge in [-0.15, -0.1) is 0 Å². The predicted octanol–water partition coefficient (Wildman–Crippen LogP) is 12.7. The number of nitriles is 1. The Morgan fingerprint density at radius 1 is 0.433 bits per heavy atom. The zero-order valence-corrected chi connectivity index (χ0v) is 32.0. The highest BCUT2D eigenvalue weighted by Gasteiger charge is 2.52. The fourth-order valence-corrected chi connectivity index (χ4v) is 10.2. The summed E-state index contributed by atoms with van der Waals surface area (Å²) in [6.07, 6.45) is 3.72. The molecule has 11 aromatic rings. The minimum absolute atomic E-state index is 0.633. The molecule has 0 unspecified atom stereocenters. The summed E-state index contributed by atoms with van der Waals surface area (Å²) >= 11 is 0. The molecule has 0 N–H and O–H groups in total. The van der Waals surface area contributed by atoms with Crippen LogP contribution in [0.5, 0.6) is 11.5 Å². The Hall–Kier alpha value is -8.27. The highest BCUT2D eigenvalue weighted by molar-refractivity contribution is 6.11. The molecule has 1 aliphatic carbocycles. The van der Waals surface area contributed by atoms with Gasteiger partial charge < -0.3 is 13.9 Å². The van der Waals surface area contributed by atoms with E-state index in [9.17, 15) is 5.26 Å². The number of ether oxygens (including phenoxy) is 1. The number of benzene rings is 7. The standard InChI is InChI=1S/C54H31N5O/c55-32-33-18-23-48-40(28-33)41-29-34(20-24-49(41)58(48)36-10-2-1-3-11-36)35-19-22-42-51(30-35)60-50-25-21-37(59-46-16-6-4-12-38(46)39-13-5-7-17-47(39)59)31-45(50)54(42)43-14-8-26-56-52(43)53-44(54)15-9-27-57-53/h1-31H. The van der Waals surface area contributed by atoms with Gasteiger partial charge in [-0.1, -0.05) is 84.9 Å². The molecule has 13 rings (SSSR count). The van der Waals surface area contributed by atoms with Gasteiger partial charge in [0, 0.05) is 56.4 Å². The number of rotatable bonds is 3. The largest absolute Gasteiger partial charge is 0.457 e. The van der Waals surface area contributed by atoms with Crippen molar-refractivity contribution in [3.8, 4) is 51.5 Å². The Morgan fingerprint density at radius 3 is 1.75 bits per heavy atom. The van der Waals surface area contributed by atoms with Crippen LogP contribution >= 0.6 is 0 Å². The topological polar surface area (TPSA) is 68.7 Å². The third-order valence-corrected chi connectivity index (χ3v) is 12.7. The van der Waals surface area contributed by atoms with Crippen molar-refractivity contribution in [3.63, 3.8) is 0 Å². The molecule has 5 heterocycles. The highest BCUT2D eigenvalue weighted by Crippen LogP contribution is 2.62. The number of nitrogens with zero attached hydrogens (tertiary/aromatic N) is 5. The lowest BCUT2D eigenvalue weighted by molar-refractivity contribution is 0.436. The van der Waals surface area contributed by atoms with E-state index in [-0.39, 0.29) is 0 Å². The molecule has 0 amide bonds. The van der Waals surface area contributed by atoms with Crippen LogP contribution in [0.4, 0.5) is 0 Å². The van der Waals surface area contributed by atoms with Crippen LogP contribution in [-0.2, 0) is 5.41 Å². The van der Waals surface area contributed by atoms with E-state index >= 15 is 0 Å². The van der Waals surface area contributed by atoms with Crippen molar-refractivity contribution >= 4 is 43.6 Å². The maximum atomic E-state index is 9.89. The third-order valence-electron chi connectivity index (χ3n) is 12.7. The van der Waals surface area contributed by atoms with Crippen LogP contribution in [0.25, 0.3) is 77.5 Å². The lowest BCUT2D eigenvalue weighted by atomic mass is 9.66. The van der Waals surface area contributed by atoms with Gasteiger partial charge in [0.15, 0.2) is 0 Å². The summed E-state index contributed by atoms with van der Waals surface area (Å²) < 4.78 is 11.7. The van der Waals surface area contributed by atoms with E-state index < -0.39 is 5.41 Å². The Bertz CT molecular complexity index is 3570. The fraction of sp³-hybridized carbons (Fsp3) is 0.0185. The van der Waals surface area contributed by atoms with E-state index in [1.54, 1.807) is 0 Å². The van der Waals surface area contributed by atoms with Gasteiger partial charge in [-0.25, -0.2) is 0 Å². The molecule has 2 aliphatic rings. The smallest absolute Gasteiger partial charge is 0.132 e. The maximum absolute atomic E-state index is 9.89. The summed E-state index contributed by atoms with van der Waals surface area (Å²) in [7, 11) is 0. The van der Waals surface area contributed by atoms with Crippen molar-refractivity contribution in [1.82, 2.24) is 19.1 Å². The second kappa shape index (κ2) is 12.1. The van der Waals surface area contributed by atoms with Crippen LogP contribution in [0, 0.1) is 11.3 Å². The SMILES string of the molecule is N#Cc1ccc2c(c1)c1cc(-c3ccc4c(c3)Oc3ccc(-n5c6ccccc6c6ccccc65)cc3C43c4cccnc4-c4ncccc43)ccc1n2-c1ccccc1.